The van der Waals surface area contributed by atoms with Gasteiger partial charge in [-0.15, -0.1) is 22.7 Å². The number of hydrogen-bond acceptors (Lipinski definition) is 3. The van der Waals surface area contributed by atoms with Crippen LogP contribution >= 0.6 is 22.7 Å². The highest BCUT2D eigenvalue weighted by molar-refractivity contribution is 7.18. The summed E-state index contributed by atoms with van der Waals surface area (Å²) >= 11 is 3.57. The Balaban J connectivity index is 2.22. The monoisotopic (exact) mass is 221 g/mol. The number of anilines is 1. The van der Waals surface area contributed by atoms with Gasteiger partial charge in [-0.2, -0.15) is 0 Å². The number of hydrogen-bond donors (Lipinski definition) is 1. The van der Waals surface area contributed by atoms with Crippen molar-refractivity contribution < 1.29 is 0 Å². The third kappa shape index (κ3) is 1.12. The molecule has 72 valence electrons. The Morgan fingerprint density at radius 2 is 2.21 bits per heavy atom. The van der Waals surface area contributed by atoms with Crippen LogP contribution in [-0.4, -0.2) is 0 Å². The highest BCUT2D eigenvalue weighted by Crippen LogP contribution is 2.44. The molecule has 0 unspecified atom stereocenters. The maximum atomic E-state index is 6.07. The zero-order chi connectivity index (χ0) is 9.54. The number of rotatable bonds is 1. The molecule has 0 spiro atoms. The van der Waals surface area contributed by atoms with Gasteiger partial charge in [-0.3, -0.25) is 0 Å². The fraction of sp³-hybridized carbons (Fsp3) is 0.273. The standard InChI is InChI=1S/C11H11NS2/c12-11-10(9-5-2-6-13-9)7-3-1-4-8(7)14-11/h2,5-6H,1,3-4,12H2. The first-order valence-corrected chi connectivity index (χ1v) is 6.50. The minimum Gasteiger partial charge on any atom is -0.390 e. The number of aryl methyl sites for hydroxylation is 1. The second-order valence-electron chi connectivity index (χ2n) is 3.57. The van der Waals surface area contributed by atoms with E-state index in [9.17, 15) is 0 Å². The average Bonchev–Trinajstić information content (AvgIpc) is 2.78. The van der Waals surface area contributed by atoms with Crippen LogP contribution in [0.4, 0.5) is 5.00 Å². The highest BCUT2D eigenvalue weighted by atomic mass is 32.1. The molecule has 0 bridgehead atoms. The van der Waals surface area contributed by atoms with Gasteiger partial charge in [-0.1, -0.05) is 6.07 Å². The summed E-state index contributed by atoms with van der Waals surface area (Å²) in [4.78, 5) is 2.85. The Bertz CT molecular complexity index is 454. The lowest BCUT2D eigenvalue weighted by Gasteiger charge is -1.99. The Kier molecular flexibility index (Phi) is 1.89. The van der Waals surface area contributed by atoms with Gasteiger partial charge in [0.15, 0.2) is 0 Å². The Morgan fingerprint density at radius 3 is 3.00 bits per heavy atom. The molecule has 2 N–H and O–H groups in total. The summed E-state index contributed by atoms with van der Waals surface area (Å²) in [6.45, 7) is 0. The summed E-state index contributed by atoms with van der Waals surface area (Å²) in [5.41, 5.74) is 8.92. The zero-order valence-corrected chi connectivity index (χ0v) is 9.38. The summed E-state index contributed by atoms with van der Waals surface area (Å²) in [7, 11) is 0. The molecule has 0 saturated heterocycles. The van der Waals surface area contributed by atoms with E-state index in [0.29, 0.717) is 0 Å². The van der Waals surface area contributed by atoms with E-state index in [2.05, 4.69) is 17.5 Å². The summed E-state index contributed by atoms with van der Waals surface area (Å²) in [6, 6.07) is 4.26. The van der Waals surface area contributed by atoms with Crippen LogP contribution in [-0.2, 0) is 12.8 Å². The molecule has 2 heterocycles. The van der Waals surface area contributed by atoms with Crippen molar-refractivity contribution in [2.45, 2.75) is 19.3 Å². The van der Waals surface area contributed by atoms with Crippen LogP contribution in [0, 0.1) is 0 Å². The summed E-state index contributed by atoms with van der Waals surface area (Å²) in [6.07, 6.45) is 3.76. The Morgan fingerprint density at radius 1 is 1.29 bits per heavy atom. The molecule has 1 nitrogen and oxygen atoms in total. The third-order valence-corrected chi connectivity index (χ3v) is 4.72. The molecule has 3 rings (SSSR count). The van der Waals surface area contributed by atoms with Gasteiger partial charge in [0, 0.05) is 15.3 Å². The summed E-state index contributed by atoms with van der Waals surface area (Å²) < 4.78 is 0. The zero-order valence-electron chi connectivity index (χ0n) is 7.75. The third-order valence-electron chi connectivity index (χ3n) is 2.72. The largest absolute Gasteiger partial charge is 0.390 e. The fourth-order valence-electron chi connectivity index (χ4n) is 2.12. The van der Waals surface area contributed by atoms with Gasteiger partial charge in [0.05, 0.1) is 5.00 Å². The maximum Gasteiger partial charge on any atom is 0.0950 e. The molecule has 0 atom stereocenters. The van der Waals surface area contributed by atoms with Crippen molar-refractivity contribution in [1.29, 1.82) is 0 Å². The van der Waals surface area contributed by atoms with Gasteiger partial charge in [0.2, 0.25) is 0 Å². The van der Waals surface area contributed by atoms with Crippen molar-refractivity contribution >= 4 is 27.7 Å². The lowest BCUT2D eigenvalue weighted by Crippen LogP contribution is -1.85. The van der Waals surface area contributed by atoms with Crippen LogP contribution in [0.5, 0.6) is 0 Å². The number of fused-ring (bicyclic) bond motifs is 1. The van der Waals surface area contributed by atoms with E-state index in [1.54, 1.807) is 22.7 Å². The maximum absolute atomic E-state index is 6.07. The lowest BCUT2D eigenvalue weighted by molar-refractivity contribution is 0.916. The minimum absolute atomic E-state index is 1.01. The molecule has 1 aliphatic rings. The number of thiophene rings is 2. The van der Waals surface area contributed by atoms with Crippen molar-refractivity contribution in [2.24, 2.45) is 0 Å². The minimum atomic E-state index is 1.01. The second-order valence-corrected chi connectivity index (χ2v) is 5.66. The fourth-order valence-corrected chi connectivity index (χ4v) is 4.17. The van der Waals surface area contributed by atoms with E-state index in [-0.39, 0.29) is 0 Å². The molecule has 2 aromatic rings. The van der Waals surface area contributed by atoms with Gasteiger partial charge in [-0.25, -0.2) is 0 Å². The molecule has 0 radical (unpaired) electrons. The van der Waals surface area contributed by atoms with Crippen molar-refractivity contribution in [3.05, 3.63) is 28.0 Å². The van der Waals surface area contributed by atoms with Gasteiger partial charge in [0.25, 0.3) is 0 Å². The normalized spacial score (nSPS) is 14.6. The first kappa shape index (κ1) is 8.50. The van der Waals surface area contributed by atoms with Crippen LogP contribution in [0.25, 0.3) is 10.4 Å². The van der Waals surface area contributed by atoms with E-state index in [0.717, 1.165) is 5.00 Å². The molecule has 3 heteroatoms. The molecule has 2 aromatic heterocycles. The quantitative estimate of drug-likeness (QED) is 0.783. The van der Waals surface area contributed by atoms with Crippen molar-refractivity contribution in [1.82, 2.24) is 0 Å². The van der Waals surface area contributed by atoms with Gasteiger partial charge in [0.1, 0.15) is 0 Å². The average molecular weight is 221 g/mol. The van der Waals surface area contributed by atoms with Crippen molar-refractivity contribution in [3.63, 3.8) is 0 Å². The van der Waals surface area contributed by atoms with Gasteiger partial charge < -0.3 is 5.73 Å². The molecule has 0 aromatic carbocycles. The topological polar surface area (TPSA) is 26.0 Å². The van der Waals surface area contributed by atoms with Crippen LogP contribution in [0.3, 0.4) is 0 Å². The van der Waals surface area contributed by atoms with Crippen LogP contribution in [0.2, 0.25) is 0 Å². The first-order chi connectivity index (χ1) is 6.86. The predicted octanol–water partition coefficient (Wildman–Crippen LogP) is 3.55. The number of nitrogen functional groups attached to an aromatic ring is 1. The highest BCUT2D eigenvalue weighted by Gasteiger charge is 2.21. The van der Waals surface area contributed by atoms with Crippen LogP contribution in [0.15, 0.2) is 17.5 Å². The van der Waals surface area contributed by atoms with E-state index in [4.69, 9.17) is 5.73 Å². The smallest absolute Gasteiger partial charge is 0.0950 e. The van der Waals surface area contributed by atoms with Crippen molar-refractivity contribution in [3.8, 4) is 10.4 Å². The molecule has 0 aliphatic heterocycles. The predicted molar refractivity (Wildman–Crippen MR) is 64.1 cm³/mol. The second kappa shape index (κ2) is 3.11. The Hall–Kier alpha value is -0.800. The van der Waals surface area contributed by atoms with E-state index in [1.165, 1.54) is 40.1 Å². The van der Waals surface area contributed by atoms with Gasteiger partial charge >= 0.3 is 0 Å². The van der Waals surface area contributed by atoms with Crippen LogP contribution < -0.4 is 5.73 Å². The number of nitrogens with two attached hydrogens (primary N) is 1. The molecule has 1 aliphatic carbocycles. The lowest BCUT2D eigenvalue weighted by atomic mass is 10.1. The van der Waals surface area contributed by atoms with Crippen LogP contribution in [0.1, 0.15) is 16.9 Å². The SMILES string of the molecule is Nc1sc2c(c1-c1cccs1)CCC2. The molecule has 0 saturated carbocycles. The Labute approximate surface area is 91.2 Å². The van der Waals surface area contributed by atoms with E-state index >= 15 is 0 Å². The summed E-state index contributed by atoms with van der Waals surface area (Å²) in [5, 5.41) is 3.13. The van der Waals surface area contributed by atoms with E-state index < -0.39 is 0 Å². The molecule has 14 heavy (non-hydrogen) atoms. The molecular formula is C11H11NS2. The molecular weight excluding hydrogens is 210 g/mol. The first-order valence-electron chi connectivity index (χ1n) is 4.80. The van der Waals surface area contributed by atoms with E-state index in [1.807, 2.05) is 0 Å². The van der Waals surface area contributed by atoms with Crippen molar-refractivity contribution in [2.75, 3.05) is 5.73 Å². The molecule has 0 fully saturated rings. The van der Waals surface area contributed by atoms with Gasteiger partial charge in [-0.05, 0) is 36.3 Å². The summed E-state index contributed by atoms with van der Waals surface area (Å²) in [5.74, 6) is 0. The molecule has 0 amide bonds.